The van der Waals surface area contributed by atoms with Crippen LogP contribution in [0.2, 0.25) is 0 Å². The summed E-state index contributed by atoms with van der Waals surface area (Å²) in [6.45, 7) is 2.22. The van der Waals surface area contributed by atoms with Gasteiger partial charge in [-0.3, -0.25) is 0 Å². The molecule has 1 aromatic carbocycles. The van der Waals surface area contributed by atoms with Crippen LogP contribution in [0.3, 0.4) is 0 Å². The summed E-state index contributed by atoms with van der Waals surface area (Å²) in [6.07, 6.45) is 7.08. The highest BCUT2D eigenvalue weighted by Gasteiger charge is 2.45. The summed E-state index contributed by atoms with van der Waals surface area (Å²) in [7, 11) is 1.75. The van der Waals surface area contributed by atoms with Crippen molar-refractivity contribution in [1.82, 2.24) is 0 Å². The average molecular weight is 310 g/mol. The molecule has 2 aliphatic rings. The molecule has 0 atom stereocenters. The van der Waals surface area contributed by atoms with Gasteiger partial charge in [-0.1, -0.05) is 0 Å². The molecular weight excluding hydrogens is 290 g/mol. The molecule has 98 valence electrons. The van der Waals surface area contributed by atoms with Gasteiger partial charge in [-0.15, -0.1) is 0 Å². The van der Waals surface area contributed by atoms with Crippen molar-refractivity contribution in [2.24, 2.45) is 5.73 Å². The summed E-state index contributed by atoms with van der Waals surface area (Å²) in [5.41, 5.74) is 11.9. The highest BCUT2D eigenvalue weighted by molar-refractivity contribution is 9.10. The van der Waals surface area contributed by atoms with Gasteiger partial charge in [0.2, 0.25) is 0 Å². The fraction of sp³-hybridized carbons (Fsp3) is 0.600. The van der Waals surface area contributed by atoms with E-state index >= 15 is 0 Å². The van der Waals surface area contributed by atoms with E-state index in [2.05, 4.69) is 22.9 Å². The molecule has 0 bridgehead atoms. The molecule has 0 heterocycles. The molecule has 0 saturated heterocycles. The van der Waals surface area contributed by atoms with Crippen LogP contribution in [0.1, 0.15) is 47.9 Å². The normalized spacial score (nSPS) is 20.4. The fourth-order valence-corrected chi connectivity index (χ4v) is 4.10. The van der Waals surface area contributed by atoms with Gasteiger partial charge in [-0.2, -0.15) is 0 Å². The molecule has 2 N–H and O–H groups in total. The van der Waals surface area contributed by atoms with Crippen molar-refractivity contribution in [1.29, 1.82) is 0 Å². The second-order valence-corrected chi connectivity index (χ2v) is 6.46. The van der Waals surface area contributed by atoms with Crippen LogP contribution < -0.4 is 10.5 Å². The zero-order valence-corrected chi connectivity index (χ0v) is 12.7. The van der Waals surface area contributed by atoms with E-state index in [1.54, 1.807) is 7.11 Å². The Morgan fingerprint density at radius 2 is 1.78 bits per heavy atom. The van der Waals surface area contributed by atoms with Gasteiger partial charge in [-0.25, -0.2) is 0 Å². The third-order valence-corrected chi connectivity index (χ3v) is 5.32. The zero-order chi connectivity index (χ0) is 12.9. The Morgan fingerprint density at radius 1 is 1.17 bits per heavy atom. The van der Waals surface area contributed by atoms with Crippen molar-refractivity contribution < 1.29 is 4.74 Å². The fourth-order valence-electron chi connectivity index (χ4n) is 3.31. The van der Waals surface area contributed by atoms with Gasteiger partial charge in [0.05, 0.1) is 11.6 Å². The lowest BCUT2D eigenvalue weighted by molar-refractivity contribution is 0.399. The van der Waals surface area contributed by atoms with E-state index in [0.29, 0.717) is 0 Å². The van der Waals surface area contributed by atoms with Gasteiger partial charge in [-0.05, 0) is 78.1 Å². The Bertz CT molecular complexity index is 506. The van der Waals surface area contributed by atoms with Gasteiger partial charge in [0.1, 0.15) is 5.75 Å². The van der Waals surface area contributed by atoms with Crippen LogP contribution in [0.4, 0.5) is 0 Å². The largest absolute Gasteiger partial charge is 0.495 e. The second kappa shape index (κ2) is 4.24. The highest BCUT2D eigenvalue weighted by Crippen LogP contribution is 2.52. The van der Waals surface area contributed by atoms with Crippen molar-refractivity contribution in [2.75, 3.05) is 7.11 Å². The number of benzene rings is 1. The minimum absolute atomic E-state index is 0.135. The van der Waals surface area contributed by atoms with Crippen LogP contribution in [0.5, 0.6) is 5.75 Å². The molecule has 2 nitrogen and oxygen atoms in total. The first kappa shape index (κ1) is 12.5. The van der Waals surface area contributed by atoms with E-state index in [9.17, 15) is 0 Å². The lowest BCUT2D eigenvalue weighted by atomic mass is 9.83. The Kier molecular flexibility index (Phi) is 2.94. The van der Waals surface area contributed by atoms with E-state index in [4.69, 9.17) is 10.5 Å². The van der Waals surface area contributed by atoms with Crippen molar-refractivity contribution in [3.05, 3.63) is 26.7 Å². The van der Waals surface area contributed by atoms with Crippen LogP contribution in [-0.2, 0) is 18.4 Å². The van der Waals surface area contributed by atoms with Crippen molar-refractivity contribution in [3.63, 3.8) is 0 Å². The molecule has 0 amide bonds. The van der Waals surface area contributed by atoms with Gasteiger partial charge >= 0.3 is 0 Å². The molecule has 3 rings (SSSR count). The SMILES string of the molecule is COc1c(Br)c2c(c(C)c1C1(N)CC1)CCCC2. The maximum atomic E-state index is 6.45. The average Bonchev–Trinajstić information content (AvgIpc) is 3.12. The minimum atomic E-state index is -0.135. The van der Waals surface area contributed by atoms with Crippen LogP contribution in [0.15, 0.2) is 4.47 Å². The number of hydrogen-bond donors (Lipinski definition) is 1. The third-order valence-electron chi connectivity index (χ3n) is 4.48. The first-order valence-electron chi connectivity index (χ1n) is 6.75. The van der Waals surface area contributed by atoms with E-state index in [1.807, 2.05) is 0 Å². The Balaban J connectivity index is 2.27. The topological polar surface area (TPSA) is 35.2 Å². The summed E-state index contributed by atoms with van der Waals surface area (Å²) >= 11 is 3.75. The molecular formula is C15H20BrNO. The lowest BCUT2D eigenvalue weighted by Gasteiger charge is -2.27. The summed E-state index contributed by atoms with van der Waals surface area (Å²) in [6, 6.07) is 0. The predicted molar refractivity (Wildman–Crippen MR) is 77.2 cm³/mol. The van der Waals surface area contributed by atoms with Gasteiger partial charge in [0.25, 0.3) is 0 Å². The quantitative estimate of drug-likeness (QED) is 0.906. The molecule has 1 aromatic rings. The summed E-state index contributed by atoms with van der Waals surface area (Å²) < 4.78 is 6.81. The monoisotopic (exact) mass is 309 g/mol. The van der Waals surface area contributed by atoms with Crippen LogP contribution in [0.25, 0.3) is 0 Å². The molecule has 18 heavy (non-hydrogen) atoms. The lowest BCUT2D eigenvalue weighted by Crippen LogP contribution is -2.23. The number of methoxy groups -OCH3 is 1. The molecule has 0 radical (unpaired) electrons. The molecule has 0 unspecified atom stereocenters. The van der Waals surface area contributed by atoms with E-state index in [-0.39, 0.29) is 5.54 Å². The third kappa shape index (κ3) is 1.71. The van der Waals surface area contributed by atoms with Crippen molar-refractivity contribution in [2.45, 2.75) is 51.0 Å². The molecule has 1 fully saturated rings. The van der Waals surface area contributed by atoms with Crippen LogP contribution in [0, 0.1) is 6.92 Å². The Hall–Kier alpha value is -0.540. The number of hydrogen-bond acceptors (Lipinski definition) is 2. The number of rotatable bonds is 2. The summed E-state index contributed by atoms with van der Waals surface area (Å²) in [5, 5.41) is 0. The zero-order valence-electron chi connectivity index (χ0n) is 11.1. The second-order valence-electron chi connectivity index (χ2n) is 5.67. The Labute approximate surface area is 117 Å². The van der Waals surface area contributed by atoms with Gasteiger partial charge in [0.15, 0.2) is 0 Å². The maximum Gasteiger partial charge on any atom is 0.138 e. The van der Waals surface area contributed by atoms with Gasteiger partial charge < -0.3 is 10.5 Å². The summed E-state index contributed by atoms with van der Waals surface area (Å²) in [5.74, 6) is 0.980. The smallest absolute Gasteiger partial charge is 0.138 e. The molecule has 0 spiro atoms. The van der Waals surface area contributed by atoms with Crippen LogP contribution >= 0.6 is 15.9 Å². The van der Waals surface area contributed by atoms with E-state index in [0.717, 1.165) is 29.5 Å². The number of nitrogens with two attached hydrogens (primary N) is 1. The first-order valence-corrected chi connectivity index (χ1v) is 7.55. The Morgan fingerprint density at radius 3 is 2.33 bits per heavy atom. The standard InChI is InChI=1S/C15H20BrNO/c1-9-10-5-3-4-6-11(10)13(16)14(18-2)12(9)15(17)7-8-15/h3-8,17H2,1-2H3. The highest BCUT2D eigenvalue weighted by atomic mass is 79.9. The molecule has 0 aromatic heterocycles. The summed E-state index contributed by atoms with van der Waals surface area (Å²) in [4.78, 5) is 0. The van der Waals surface area contributed by atoms with Crippen LogP contribution in [-0.4, -0.2) is 7.11 Å². The molecule has 3 heteroatoms. The van der Waals surface area contributed by atoms with Crippen molar-refractivity contribution >= 4 is 15.9 Å². The van der Waals surface area contributed by atoms with E-state index < -0.39 is 0 Å². The molecule has 2 aliphatic carbocycles. The number of fused-ring (bicyclic) bond motifs is 1. The van der Waals surface area contributed by atoms with Gasteiger partial charge in [0, 0.05) is 11.1 Å². The number of ether oxygens (including phenoxy) is 1. The predicted octanol–water partition coefficient (Wildman–Crippen LogP) is 3.59. The van der Waals surface area contributed by atoms with E-state index in [1.165, 1.54) is 41.5 Å². The number of halogens is 1. The van der Waals surface area contributed by atoms with Crippen molar-refractivity contribution in [3.8, 4) is 5.75 Å². The first-order chi connectivity index (χ1) is 8.58. The molecule has 0 aliphatic heterocycles. The molecule has 1 saturated carbocycles. The minimum Gasteiger partial charge on any atom is -0.495 e. The maximum absolute atomic E-state index is 6.45.